The highest BCUT2D eigenvalue weighted by atomic mass is 16.5. The number of carbonyl (C=O) groups excluding carboxylic acids is 1. The molecule has 0 aliphatic heterocycles. The Morgan fingerprint density at radius 3 is 2.10 bits per heavy atom. The largest absolute Gasteiger partial charge is 0.481 e. The predicted molar refractivity (Wildman–Crippen MR) is 116 cm³/mol. The van der Waals surface area contributed by atoms with E-state index in [1.807, 2.05) is 84.9 Å². The first-order valence-electron chi connectivity index (χ1n) is 9.47. The number of nitrogens with one attached hydrogen (secondary N) is 1. The van der Waals surface area contributed by atoms with Gasteiger partial charge in [-0.1, -0.05) is 48.5 Å². The number of benzene rings is 4. The van der Waals surface area contributed by atoms with Crippen molar-refractivity contribution in [2.45, 2.75) is 13.0 Å². The van der Waals surface area contributed by atoms with Crippen LogP contribution in [0, 0.1) is 0 Å². The Morgan fingerprint density at radius 1 is 0.724 bits per heavy atom. The lowest BCUT2D eigenvalue weighted by Gasteiger charge is -2.15. The summed E-state index contributed by atoms with van der Waals surface area (Å²) in [6.07, 6.45) is -0.628. The number of anilines is 1. The van der Waals surface area contributed by atoms with Gasteiger partial charge in [-0.05, 0) is 66.2 Å². The maximum Gasteiger partial charge on any atom is 0.265 e. The first-order valence-corrected chi connectivity index (χ1v) is 9.47. The molecule has 0 spiro atoms. The number of carbonyl (C=O) groups is 1. The molecule has 0 aliphatic carbocycles. The van der Waals surface area contributed by atoms with Crippen LogP contribution in [0.2, 0.25) is 0 Å². The molecule has 0 bridgehead atoms. The second-order valence-corrected chi connectivity index (χ2v) is 6.70. The van der Waals surface area contributed by atoms with Crippen molar-refractivity contribution in [2.75, 3.05) is 5.32 Å². The van der Waals surface area contributed by atoms with Gasteiger partial charge in [0.1, 0.15) is 17.2 Å². The second kappa shape index (κ2) is 8.48. The Hall–Kier alpha value is -3.79. The summed E-state index contributed by atoms with van der Waals surface area (Å²) in [6.45, 7) is 1.73. The maximum atomic E-state index is 12.5. The van der Waals surface area contributed by atoms with Crippen LogP contribution >= 0.6 is 0 Å². The zero-order chi connectivity index (χ0) is 20.1. The van der Waals surface area contributed by atoms with E-state index in [4.69, 9.17) is 9.47 Å². The van der Waals surface area contributed by atoms with Crippen LogP contribution < -0.4 is 14.8 Å². The van der Waals surface area contributed by atoms with Crippen molar-refractivity contribution in [3.8, 4) is 17.2 Å². The molecule has 0 fully saturated rings. The van der Waals surface area contributed by atoms with E-state index >= 15 is 0 Å². The van der Waals surface area contributed by atoms with Crippen LogP contribution in [0.3, 0.4) is 0 Å². The molecule has 0 saturated heterocycles. The fraction of sp³-hybridized carbons (Fsp3) is 0.0800. The van der Waals surface area contributed by atoms with Crippen molar-refractivity contribution >= 4 is 22.4 Å². The molecule has 0 radical (unpaired) electrons. The molecule has 1 atom stereocenters. The monoisotopic (exact) mass is 383 g/mol. The number of hydrogen-bond donors (Lipinski definition) is 1. The third-order valence-corrected chi connectivity index (χ3v) is 4.50. The van der Waals surface area contributed by atoms with Crippen molar-refractivity contribution in [3.05, 3.63) is 97.1 Å². The normalized spacial score (nSPS) is 11.6. The van der Waals surface area contributed by atoms with Gasteiger partial charge in [-0.3, -0.25) is 4.79 Å². The SMILES string of the molecule is CC(Oc1ccc2ccccc2c1)C(=O)Nc1ccc(Oc2ccccc2)cc1. The quantitative estimate of drug-likeness (QED) is 0.442. The zero-order valence-electron chi connectivity index (χ0n) is 16.0. The molecule has 0 aliphatic rings. The van der Waals surface area contributed by atoms with Gasteiger partial charge in [0, 0.05) is 5.69 Å². The summed E-state index contributed by atoms with van der Waals surface area (Å²) >= 11 is 0. The highest BCUT2D eigenvalue weighted by Crippen LogP contribution is 2.24. The first kappa shape index (κ1) is 18.6. The van der Waals surface area contributed by atoms with Gasteiger partial charge in [-0.15, -0.1) is 0 Å². The average Bonchev–Trinajstić information content (AvgIpc) is 2.76. The predicted octanol–water partition coefficient (Wildman–Crippen LogP) is 6.04. The van der Waals surface area contributed by atoms with E-state index in [-0.39, 0.29) is 5.91 Å². The van der Waals surface area contributed by atoms with Gasteiger partial charge in [0.25, 0.3) is 5.91 Å². The van der Waals surface area contributed by atoms with Gasteiger partial charge in [-0.2, -0.15) is 0 Å². The molecule has 1 amide bonds. The summed E-state index contributed by atoms with van der Waals surface area (Å²) in [6, 6.07) is 30.6. The number of amides is 1. The molecule has 0 saturated carbocycles. The van der Waals surface area contributed by atoms with Crippen LogP contribution in [0.25, 0.3) is 10.8 Å². The number of fused-ring (bicyclic) bond motifs is 1. The van der Waals surface area contributed by atoms with Crippen molar-refractivity contribution < 1.29 is 14.3 Å². The summed E-state index contributed by atoms with van der Waals surface area (Å²) in [7, 11) is 0. The summed E-state index contributed by atoms with van der Waals surface area (Å²) in [5.41, 5.74) is 0.685. The van der Waals surface area contributed by atoms with E-state index in [0.717, 1.165) is 16.5 Å². The minimum Gasteiger partial charge on any atom is -0.481 e. The van der Waals surface area contributed by atoms with Gasteiger partial charge >= 0.3 is 0 Å². The molecule has 4 rings (SSSR count). The number of ether oxygens (including phenoxy) is 2. The first-order chi connectivity index (χ1) is 14.2. The number of rotatable bonds is 6. The number of para-hydroxylation sites is 1. The summed E-state index contributed by atoms with van der Waals surface area (Å²) in [5, 5.41) is 5.08. The molecule has 4 heteroatoms. The maximum absolute atomic E-state index is 12.5. The molecule has 4 aromatic carbocycles. The molecular weight excluding hydrogens is 362 g/mol. The molecule has 1 unspecified atom stereocenters. The van der Waals surface area contributed by atoms with E-state index in [2.05, 4.69) is 5.32 Å². The van der Waals surface area contributed by atoms with Gasteiger partial charge in [-0.25, -0.2) is 0 Å². The van der Waals surface area contributed by atoms with E-state index in [0.29, 0.717) is 17.2 Å². The summed E-state index contributed by atoms with van der Waals surface area (Å²) in [4.78, 5) is 12.5. The Labute approximate surface area is 169 Å². The molecular formula is C25H21NO3. The molecule has 0 aromatic heterocycles. The van der Waals surface area contributed by atoms with Crippen LogP contribution in [0.15, 0.2) is 97.1 Å². The number of hydrogen-bond acceptors (Lipinski definition) is 3. The molecule has 4 aromatic rings. The second-order valence-electron chi connectivity index (χ2n) is 6.70. The molecule has 0 heterocycles. The highest BCUT2D eigenvalue weighted by Gasteiger charge is 2.15. The standard InChI is InChI=1S/C25H21NO3/c1-18(28-24-14-11-19-7-5-6-8-20(19)17-24)25(27)26-21-12-15-23(16-13-21)29-22-9-3-2-4-10-22/h2-18H,1H3,(H,26,27). The topological polar surface area (TPSA) is 47.6 Å². The van der Waals surface area contributed by atoms with Gasteiger partial charge in [0.05, 0.1) is 0 Å². The molecule has 144 valence electrons. The highest BCUT2D eigenvalue weighted by molar-refractivity contribution is 5.94. The smallest absolute Gasteiger partial charge is 0.265 e. The van der Waals surface area contributed by atoms with E-state index in [9.17, 15) is 4.79 Å². The minimum atomic E-state index is -0.628. The molecule has 29 heavy (non-hydrogen) atoms. The van der Waals surface area contributed by atoms with Crippen molar-refractivity contribution in [1.29, 1.82) is 0 Å². The molecule has 4 nitrogen and oxygen atoms in total. The third kappa shape index (κ3) is 4.74. The van der Waals surface area contributed by atoms with Crippen LogP contribution in [-0.2, 0) is 4.79 Å². The van der Waals surface area contributed by atoms with Crippen molar-refractivity contribution in [2.24, 2.45) is 0 Å². The Balaban J connectivity index is 1.36. The van der Waals surface area contributed by atoms with E-state index < -0.39 is 6.10 Å². The minimum absolute atomic E-state index is 0.213. The van der Waals surface area contributed by atoms with Crippen LogP contribution in [0.5, 0.6) is 17.2 Å². The lowest BCUT2D eigenvalue weighted by molar-refractivity contribution is -0.122. The van der Waals surface area contributed by atoms with Gasteiger partial charge < -0.3 is 14.8 Å². The fourth-order valence-electron chi connectivity index (χ4n) is 2.97. The van der Waals surface area contributed by atoms with E-state index in [1.165, 1.54) is 0 Å². The van der Waals surface area contributed by atoms with Crippen LogP contribution in [0.4, 0.5) is 5.69 Å². The van der Waals surface area contributed by atoms with Crippen molar-refractivity contribution in [3.63, 3.8) is 0 Å². The van der Waals surface area contributed by atoms with Crippen molar-refractivity contribution in [1.82, 2.24) is 0 Å². The molecule has 1 N–H and O–H groups in total. The lowest BCUT2D eigenvalue weighted by Crippen LogP contribution is -2.30. The zero-order valence-corrected chi connectivity index (χ0v) is 16.0. The van der Waals surface area contributed by atoms with Crippen LogP contribution in [0.1, 0.15) is 6.92 Å². The Morgan fingerprint density at radius 2 is 1.34 bits per heavy atom. The Kier molecular flexibility index (Phi) is 5.43. The average molecular weight is 383 g/mol. The Bertz CT molecular complexity index is 1110. The summed E-state index contributed by atoms with van der Waals surface area (Å²) in [5.74, 6) is 1.92. The summed E-state index contributed by atoms with van der Waals surface area (Å²) < 4.78 is 11.6. The van der Waals surface area contributed by atoms with Gasteiger partial charge in [0.2, 0.25) is 0 Å². The lowest BCUT2D eigenvalue weighted by atomic mass is 10.1. The van der Waals surface area contributed by atoms with Gasteiger partial charge in [0.15, 0.2) is 6.10 Å². The van der Waals surface area contributed by atoms with Crippen LogP contribution in [-0.4, -0.2) is 12.0 Å². The van der Waals surface area contributed by atoms with E-state index in [1.54, 1.807) is 19.1 Å². The fourth-order valence-corrected chi connectivity index (χ4v) is 2.97. The third-order valence-electron chi connectivity index (χ3n) is 4.50.